The average Bonchev–Trinajstić information content (AvgIpc) is 2.86. The normalized spacial score (nSPS) is 10.7. The fourth-order valence-electron chi connectivity index (χ4n) is 2.23. The molecule has 0 amide bonds. The first-order valence-electron chi connectivity index (χ1n) is 5.97. The standard InChI is InChI=1S/C15H9ClIN3/c16-8-14-19-15-10(9-18)4-3-7-13(15)20(14)12-6-2-1-5-11(12)17/h1-7H,8H2. The lowest BCUT2D eigenvalue weighted by atomic mass is 10.2. The highest BCUT2D eigenvalue weighted by molar-refractivity contribution is 14.1. The van der Waals surface area contributed by atoms with Gasteiger partial charge in [0.2, 0.25) is 0 Å². The SMILES string of the molecule is N#Cc1cccc2c1nc(CCl)n2-c1ccccc1I. The molecule has 3 nitrogen and oxygen atoms in total. The molecule has 0 aliphatic rings. The number of hydrogen-bond donors (Lipinski definition) is 0. The third kappa shape index (κ3) is 2.07. The second kappa shape index (κ2) is 5.43. The van der Waals surface area contributed by atoms with Crippen LogP contribution in [-0.4, -0.2) is 9.55 Å². The molecular weight excluding hydrogens is 385 g/mol. The van der Waals surface area contributed by atoms with Crippen LogP contribution in [0.4, 0.5) is 0 Å². The summed E-state index contributed by atoms with van der Waals surface area (Å²) in [6.07, 6.45) is 0. The summed E-state index contributed by atoms with van der Waals surface area (Å²) in [5.74, 6) is 1.04. The lowest BCUT2D eigenvalue weighted by molar-refractivity contribution is 0.977. The molecule has 0 N–H and O–H groups in total. The van der Waals surface area contributed by atoms with Crippen molar-refractivity contribution in [3.8, 4) is 11.8 Å². The number of nitrogens with zero attached hydrogens (tertiary/aromatic N) is 3. The van der Waals surface area contributed by atoms with E-state index in [0.717, 1.165) is 20.6 Å². The average molecular weight is 394 g/mol. The van der Waals surface area contributed by atoms with Gasteiger partial charge in [-0.05, 0) is 46.9 Å². The summed E-state index contributed by atoms with van der Waals surface area (Å²) in [5, 5.41) is 9.20. The minimum Gasteiger partial charge on any atom is -0.294 e. The molecule has 98 valence electrons. The van der Waals surface area contributed by atoms with Crippen molar-refractivity contribution in [3.63, 3.8) is 0 Å². The first-order valence-corrected chi connectivity index (χ1v) is 7.59. The van der Waals surface area contributed by atoms with Crippen molar-refractivity contribution >= 4 is 45.2 Å². The summed E-state index contributed by atoms with van der Waals surface area (Å²) >= 11 is 8.32. The van der Waals surface area contributed by atoms with Crippen LogP contribution in [0, 0.1) is 14.9 Å². The molecule has 5 heteroatoms. The van der Waals surface area contributed by atoms with E-state index in [9.17, 15) is 5.26 Å². The van der Waals surface area contributed by atoms with Crippen molar-refractivity contribution in [1.29, 1.82) is 5.26 Å². The molecule has 1 heterocycles. The van der Waals surface area contributed by atoms with Crippen molar-refractivity contribution in [3.05, 3.63) is 57.4 Å². The second-order valence-corrected chi connectivity index (χ2v) is 5.66. The molecule has 0 unspecified atom stereocenters. The zero-order valence-corrected chi connectivity index (χ0v) is 13.3. The Hall–Kier alpha value is -1.58. The molecule has 0 spiro atoms. The summed E-state index contributed by atoms with van der Waals surface area (Å²) in [4.78, 5) is 4.52. The van der Waals surface area contributed by atoms with E-state index in [4.69, 9.17) is 11.6 Å². The number of para-hydroxylation sites is 2. The Kier molecular flexibility index (Phi) is 3.64. The second-order valence-electron chi connectivity index (χ2n) is 4.23. The molecule has 0 saturated carbocycles. The minimum atomic E-state index is 0.296. The number of rotatable bonds is 2. The van der Waals surface area contributed by atoms with E-state index in [-0.39, 0.29) is 0 Å². The van der Waals surface area contributed by atoms with Crippen LogP contribution in [0.15, 0.2) is 42.5 Å². The van der Waals surface area contributed by atoms with Crippen LogP contribution in [0.2, 0.25) is 0 Å². The Labute approximate surface area is 134 Å². The van der Waals surface area contributed by atoms with Crippen LogP contribution >= 0.6 is 34.2 Å². The van der Waals surface area contributed by atoms with Gasteiger partial charge in [-0.3, -0.25) is 4.57 Å². The number of benzene rings is 2. The molecule has 0 aliphatic heterocycles. The summed E-state index contributed by atoms with van der Waals surface area (Å²) in [6, 6.07) is 15.8. The molecule has 0 bridgehead atoms. The zero-order chi connectivity index (χ0) is 14.1. The Morgan fingerprint density at radius 3 is 2.70 bits per heavy atom. The smallest absolute Gasteiger partial charge is 0.129 e. The first-order chi connectivity index (χ1) is 9.76. The fraction of sp³-hybridized carbons (Fsp3) is 0.0667. The van der Waals surface area contributed by atoms with E-state index < -0.39 is 0 Å². The quantitative estimate of drug-likeness (QED) is 0.483. The maximum Gasteiger partial charge on any atom is 0.129 e. The maximum atomic E-state index is 9.20. The lowest BCUT2D eigenvalue weighted by Crippen LogP contribution is -2.01. The highest BCUT2D eigenvalue weighted by Gasteiger charge is 2.15. The molecule has 0 radical (unpaired) electrons. The Morgan fingerprint density at radius 1 is 1.20 bits per heavy atom. The van der Waals surface area contributed by atoms with Crippen LogP contribution < -0.4 is 0 Å². The number of halogens is 2. The van der Waals surface area contributed by atoms with E-state index >= 15 is 0 Å². The highest BCUT2D eigenvalue weighted by Crippen LogP contribution is 2.27. The minimum absolute atomic E-state index is 0.296. The molecule has 0 aliphatic carbocycles. The largest absolute Gasteiger partial charge is 0.294 e. The van der Waals surface area contributed by atoms with Gasteiger partial charge in [-0.1, -0.05) is 18.2 Å². The monoisotopic (exact) mass is 393 g/mol. The first kappa shape index (κ1) is 13.4. The van der Waals surface area contributed by atoms with Crippen LogP contribution in [-0.2, 0) is 5.88 Å². The van der Waals surface area contributed by atoms with E-state index in [1.807, 2.05) is 41.0 Å². The molecule has 0 saturated heterocycles. The molecule has 1 aromatic heterocycles. The predicted octanol–water partition coefficient (Wildman–Crippen LogP) is 4.24. The molecule has 3 rings (SSSR count). The van der Waals surface area contributed by atoms with Gasteiger partial charge in [0.15, 0.2) is 0 Å². The molecule has 2 aromatic carbocycles. The number of hydrogen-bond acceptors (Lipinski definition) is 2. The van der Waals surface area contributed by atoms with Crippen LogP contribution in [0.1, 0.15) is 11.4 Å². The molecule has 0 fully saturated rings. The Morgan fingerprint density at radius 2 is 2.00 bits per heavy atom. The van der Waals surface area contributed by atoms with Gasteiger partial charge in [-0.15, -0.1) is 11.6 Å². The van der Waals surface area contributed by atoms with E-state index in [1.165, 1.54) is 0 Å². The van der Waals surface area contributed by atoms with Crippen LogP contribution in [0.3, 0.4) is 0 Å². The van der Waals surface area contributed by atoms with Gasteiger partial charge >= 0.3 is 0 Å². The van der Waals surface area contributed by atoms with E-state index in [0.29, 0.717) is 17.0 Å². The zero-order valence-electron chi connectivity index (χ0n) is 10.3. The summed E-state index contributed by atoms with van der Waals surface area (Å²) < 4.78 is 3.13. The van der Waals surface area contributed by atoms with Crippen molar-refractivity contribution in [2.75, 3.05) is 0 Å². The number of aromatic nitrogens is 2. The van der Waals surface area contributed by atoms with Gasteiger partial charge in [0.05, 0.1) is 22.6 Å². The van der Waals surface area contributed by atoms with Crippen molar-refractivity contribution in [2.24, 2.45) is 0 Å². The van der Waals surface area contributed by atoms with Gasteiger partial charge in [0.1, 0.15) is 17.4 Å². The van der Waals surface area contributed by atoms with Gasteiger partial charge < -0.3 is 0 Å². The number of alkyl halides is 1. The van der Waals surface area contributed by atoms with Gasteiger partial charge in [0, 0.05) is 3.57 Å². The Bertz CT molecular complexity index is 833. The Balaban J connectivity index is 2.41. The third-order valence-corrected chi connectivity index (χ3v) is 4.24. The third-order valence-electron chi connectivity index (χ3n) is 3.09. The highest BCUT2D eigenvalue weighted by atomic mass is 127. The van der Waals surface area contributed by atoms with Crippen LogP contribution in [0.25, 0.3) is 16.7 Å². The number of nitriles is 1. The predicted molar refractivity (Wildman–Crippen MR) is 88.1 cm³/mol. The van der Waals surface area contributed by atoms with Gasteiger partial charge in [0.25, 0.3) is 0 Å². The molecular formula is C15H9ClIN3. The summed E-state index contributed by atoms with van der Waals surface area (Å²) in [5.41, 5.74) is 3.20. The summed E-state index contributed by atoms with van der Waals surface area (Å²) in [7, 11) is 0. The lowest BCUT2D eigenvalue weighted by Gasteiger charge is -2.09. The molecule has 20 heavy (non-hydrogen) atoms. The summed E-state index contributed by atoms with van der Waals surface area (Å²) in [6.45, 7) is 0. The maximum absolute atomic E-state index is 9.20. The van der Waals surface area contributed by atoms with E-state index in [2.05, 4.69) is 33.6 Å². The molecule has 3 aromatic rings. The van der Waals surface area contributed by atoms with Gasteiger partial charge in [-0.2, -0.15) is 5.26 Å². The fourth-order valence-corrected chi connectivity index (χ4v) is 3.04. The van der Waals surface area contributed by atoms with Crippen molar-refractivity contribution in [2.45, 2.75) is 5.88 Å². The van der Waals surface area contributed by atoms with E-state index in [1.54, 1.807) is 6.07 Å². The number of imidazole rings is 1. The topological polar surface area (TPSA) is 41.6 Å². The van der Waals surface area contributed by atoms with Gasteiger partial charge in [-0.25, -0.2) is 4.98 Å². The van der Waals surface area contributed by atoms with Crippen molar-refractivity contribution < 1.29 is 0 Å². The van der Waals surface area contributed by atoms with Crippen LogP contribution in [0.5, 0.6) is 0 Å². The van der Waals surface area contributed by atoms with Crippen molar-refractivity contribution in [1.82, 2.24) is 9.55 Å². The number of fused-ring (bicyclic) bond motifs is 1. The molecule has 0 atom stereocenters.